The van der Waals surface area contributed by atoms with Crippen molar-refractivity contribution in [1.82, 2.24) is 0 Å². The molecule has 0 radical (unpaired) electrons. The van der Waals surface area contributed by atoms with E-state index in [2.05, 4.69) is 11.3 Å². The van der Waals surface area contributed by atoms with Crippen LogP contribution in [0, 0.1) is 11.3 Å². The van der Waals surface area contributed by atoms with E-state index in [1.165, 1.54) is 11.1 Å². The fourth-order valence-corrected chi connectivity index (χ4v) is 4.81. The highest BCUT2D eigenvalue weighted by Crippen LogP contribution is 2.51. The first-order valence-corrected chi connectivity index (χ1v) is 9.50. The number of phenols is 2. The van der Waals surface area contributed by atoms with Gasteiger partial charge >= 0.3 is 0 Å². The third-order valence-corrected chi connectivity index (χ3v) is 6.03. The Labute approximate surface area is 163 Å². The molecular formula is C23H21ClO3. The molecule has 2 aromatic carbocycles. The molecular weight excluding hydrogens is 360 g/mol. The van der Waals surface area contributed by atoms with Crippen LogP contribution in [0.15, 0.2) is 54.1 Å². The van der Waals surface area contributed by atoms with Gasteiger partial charge in [0.25, 0.3) is 0 Å². The monoisotopic (exact) mass is 380 g/mol. The number of hydrogen-bond donors (Lipinski definition) is 3. The number of aliphatic hydroxyl groups is 1. The summed E-state index contributed by atoms with van der Waals surface area (Å²) in [6.45, 7) is 0. The van der Waals surface area contributed by atoms with Gasteiger partial charge in [0.2, 0.25) is 0 Å². The van der Waals surface area contributed by atoms with Crippen LogP contribution in [0.4, 0.5) is 0 Å². The Balaban J connectivity index is 1.86. The summed E-state index contributed by atoms with van der Waals surface area (Å²) in [6.07, 6.45) is 5.51. The second kappa shape index (κ2) is 6.64. The van der Waals surface area contributed by atoms with Gasteiger partial charge in [-0.25, -0.2) is 0 Å². The van der Waals surface area contributed by atoms with Crippen LogP contribution in [0.1, 0.15) is 36.0 Å². The predicted octanol–water partition coefficient (Wildman–Crippen LogP) is 4.18. The van der Waals surface area contributed by atoms with Crippen molar-refractivity contribution in [3.63, 3.8) is 0 Å². The quantitative estimate of drug-likeness (QED) is 0.541. The predicted molar refractivity (Wildman–Crippen MR) is 106 cm³/mol. The minimum atomic E-state index is -1.19. The van der Waals surface area contributed by atoms with Gasteiger partial charge in [-0.05, 0) is 96.7 Å². The molecule has 0 fully saturated rings. The van der Waals surface area contributed by atoms with Crippen LogP contribution in [0.5, 0.6) is 11.5 Å². The average molecular weight is 381 g/mol. The summed E-state index contributed by atoms with van der Waals surface area (Å²) >= 11 is 5.58. The average Bonchev–Trinajstić information content (AvgIpc) is 2.64. The Morgan fingerprint density at radius 3 is 2.44 bits per heavy atom. The van der Waals surface area contributed by atoms with Gasteiger partial charge in [-0.2, -0.15) is 0 Å². The van der Waals surface area contributed by atoms with E-state index in [0.717, 1.165) is 36.8 Å². The topological polar surface area (TPSA) is 60.7 Å². The molecule has 0 spiro atoms. The molecule has 0 aliphatic heterocycles. The fraction of sp³-hybridized carbons (Fsp3) is 0.304. The van der Waals surface area contributed by atoms with E-state index in [9.17, 15) is 15.3 Å². The van der Waals surface area contributed by atoms with Crippen molar-refractivity contribution in [2.75, 3.05) is 0 Å². The first kappa shape index (κ1) is 18.0. The van der Waals surface area contributed by atoms with Crippen LogP contribution in [-0.4, -0.2) is 20.9 Å². The normalized spacial score (nSPS) is 26.2. The van der Waals surface area contributed by atoms with E-state index >= 15 is 0 Å². The first-order chi connectivity index (χ1) is 12.9. The molecule has 0 saturated heterocycles. The van der Waals surface area contributed by atoms with Gasteiger partial charge in [0, 0.05) is 10.8 Å². The van der Waals surface area contributed by atoms with Gasteiger partial charge in [-0.1, -0.05) is 23.8 Å². The SMILES string of the molecule is Oc1ccc(C[C@]23CC[C@](O)(C#CCl)C=C2CCc2cc(O)ccc23)cc1. The number of rotatable bonds is 2. The molecule has 4 rings (SSSR count). The molecule has 0 heterocycles. The van der Waals surface area contributed by atoms with Crippen molar-refractivity contribution >= 4 is 11.6 Å². The standard InChI is InChI=1S/C23H21ClO3/c24-12-11-22(27)9-10-23(14-16-1-5-19(25)6-2-16)18(15-22)4-3-17-13-20(26)7-8-21(17)23/h1-2,5-8,13,15,25-27H,3-4,9-10,14H2/t22-,23+/m0/s1. The van der Waals surface area contributed by atoms with E-state index in [1.807, 2.05) is 30.3 Å². The van der Waals surface area contributed by atoms with E-state index in [0.29, 0.717) is 6.42 Å². The lowest BCUT2D eigenvalue weighted by Crippen LogP contribution is -2.43. The van der Waals surface area contributed by atoms with E-state index in [1.54, 1.807) is 18.2 Å². The molecule has 2 atom stereocenters. The van der Waals surface area contributed by atoms with Gasteiger partial charge < -0.3 is 15.3 Å². The summed E-state index contributed by atoms with van der Waals surface area (Å²) in [7, 11) is 0. The first-order valence-electron chi connectivity index (χ1n) is 9.12. The molecule has 0 unspecified atom stereocenters. The molecule has 0 amide bonds. The van der Waals surface area contributed by atoms with Gasteiger partial charge in [0.1, 0.15) is 17.1 Å². The van der Waals surface area contributed by atoms with E-state index in [4.69, 9.17) is 11.6 Å². The summed E-state index contributed by atoms with van der Waals surface area (Å²) in [5.74, 6) is 3.26. The lowest BCUT2D eigenvalue weighted by molar-refractivity contribution is 0.116. The van der Waals surface area contributed by atoms with Crippen LogP contribution < -0.4 is 0 Å². The summed E-state index contributed by atoms with van der Waals surface area (Å²) < 4.78 is 0. The van der Waals surface area contributed by atoms with Crippen LogP contribution >= 0.6 is 11.6 Å². The molecule has 3 N–H and O–H groups in total. The van der Waals surface area contributed by atoms with Gasteiger partial charge in [-0.3, -0.25) is 0 Å². The van der Waals surface area contributed by atoms with Crippen molar-refractivity contribution in [3.05, 3.63) is 70.8 Å². The van der Waals surface area contributed by atoms with Crippen molar-refractivity contribution in [1.29, 1.82) is 0 Å². The lowest BCUT2D eigenvalue weighted by atomic mass is 9.58. The maximum Gasteiger partial charge on any atom is 0.145 e. The van der Waals surface area contributed by atoms with Crippen LogP contribution in [0.3, 0.4) is 0 Å². The summed E-state index contributed by atoms with van der Waals surface area (Å²) in [6, 6.07) is 12.9. The molecule has 138 valence electrons. The number of allylic oxidation sites excluding steroid dienone is 1. The summed E-state index contributed by atoms with van der Waals surface area (Å²) in [4.78, 5) is 0. The third kappa shape index (κ3) is 3.20. The van der Waals surface area contributed by atoms with E-state index < -0.39 is 5.60 Å². The highest BCUT2D eigenvalue weighted by atomic mass is 35.5. The van der Waals surface area contributed by atoms with Gasteiger partial charge in [0.15, 0.2) is 0 Å². The Morgan fingerprint density at radius 1 is 0.963 bits per heavy atom. The second-order valence-electron chi connectivity index (χ2n) is 7.58. The van der Waals surface area contributed by atoms with Crippen molar-refractivity contribution in [2.45, 2.75) is 43.1 Å². The van der Waals surface area contributed by atoms with Crippen LogP contribution in [-0.2, 0) is 18.3 Å². The molecule has 27 heavy (non-hydrogen) atoms. The molecule has 3 nitrogen and oxygen atoms in total. The van der Waals surface area contributed by atoms with Crippen LogP contribution in [0.2, 0.25) is 0 Å². The fourth-order valence-electron chi connectivity index (χ4n) is 4.65. The van der Waals surface area contributed by atoms with Gasteiger partial charge in [-0.15, -0.1) is 0 Å². The van der Waals surface area contributed by atoms with Crippen LogP contribution in [0.25, 0.3) is 0 Å². The minimum absolute atomic E-state index is 0.247. The number of hydrogen-bond acceptors (Lipinski definition) is 3. The largest absolute Gasteiger partial charge is 0.508 e. The number of aromatic hydroxyl groups is 2. The number of halogens is 1. The number of benzene rings is 2. The second-order valence-corrected chi connectivity index (χ2v) is 7.77. The zero-order valence-electron chi connectivity index (χ0n) is 14.9. The Hall–Kier alpha value is -2.41. The third-order valence-electron chi connectivity index (χ3n) is 5.93. The van der Waals surface area contributed by atoms with Gasteiger partial charge in [0.05, 0.1) is 0 Å². The smallest absolute Gasteiger partial charge is 0.145 e. The zero-order chi connectivity index (χ0) is 19.1. The Kier molecular flexibility index (Phi) is 4.42. The molecule has 0 saturated carbocycles. The van der Waals surface area contributed by atoms with E-state index in [-0.39, 0.29) is 16.9 Å². The maximum atomic E-state index is 10.8. The maximum absolute atomic E-state index is 10.8. The molecule has 2 aliphatic carbocycles. The van der Waals surface area contributed by atoms with Crippen molar-refractivity contribution in [2.24, 2.45) is 0 Å². The lowest BCUT2D eigenvalue weighted by Gasteiger charge is -2.47. The highest BCUT2D eigenvalue weighted by Gasteiger charge is 2.46. The minimum Gasteiger partial charge on any atom is -0.508 e. The molecule has 0 aromatic heterocycles. The number of phenolic OH excluding ortho intramolecular Hbond substituents is 2. The number of fused-ring (bicyclic) bond motifs is 3. The molecule has 2 aliphatic rings. The highest BCUT2D eigenvalue weighted by molar-refractivity contribution is 6.30. The van der Waals surface area contributed by atoms with Crippen molar-refractivity contribution < 1.29 is 15.3 Å². The Bertz CT molecular complexity index is 967. The Morgan fingerprint density at radius 2 is 1.70 bits per heavy atom. The summed E-state index contributed by atoms with van der Waals surface area (Å²) in [5.41, 5.74) is 3.20. The zero-order valence-corrected chi connectivity index (χ0v) is 15.6. The van der Waals surface area contributed by atoms with Crippen molar-refractivity contribution in [3.8, 4) is 22.8 Å². The molecule has 4 heteroatoms. The number of aryl methyl sites for hydroxylation is 1. The molecule has 0 bridgehead atoms. The summed E-state index contributed by atoms with van der Waals surface area (Å²) in [5, 5.41) is 32.7. The molecule has 2 aromatic rings.